The number of phenols is 2. The molecule has 0 radical (unpaired) electrons. The summed E-state index contributed by atoms with van der Waals surface area (Å²) in [5, 5.41) is 20.1. The van der Waals surface area contributed by atoms with Crippen molar-refractivity contribution in [2.75, 3.05) is 0 Å². The summed E-state index contributed by atoms with van der Waals surface area (Å²) in [5.41, 5.74) is -0.781. The van der Waals surface area contributed by atoms with Crippen LogP contribution in [0.2, 0.25) is 0 Å². The molecule has 128 valence electrons. The minimum Gasteiger partial charge on any atom is -0.508 e. The van der Waals surface area contributed by atoms with Crippen molar-refractivity contribution in [2.24, 2.45) is 0 Å². The lowest BCUT2D eigenvalue weighted by Crippen LogP contribution is -2.24. The molecular weight excluding hydrogens is 336 g/mol. The first-order chi connectivity index (χ1) is 12.4. The first kappa shape index (κ1) is 15.6. The fourth-order valence-electron chi connectivity index (χ4n) is 2.87. The zero-order valence-electron chi connectivity index (χ0n) is 13.2. The van der Waals surface area contributed by atoms with Gasteiger partial charge in [0, 0.05) is 21.8 Å². The molecule has 0 saturated carbocycles. The molecule has 7 heteroatoms. The smallest absolute Gasteiger partial charge is 0.259 e. The van der Waals surface area contributed by atoms with E-state index in [0.717, 1.165) is 0 Å². The third-order valence-corrected chi connectivity index (χ3v) is 4.14. The second kappa shape index (κ2) is 5.59. The van der Waals surface area contributed by atoms with Crippen LogP contribution in [0.4, 0.5) is 0 Å². The van der Waals surface area contributed by atoms with Gasteiger partial charge in [0.15, 0.2) is 0 Å². The molecule has 0 bridgehead atoms. The Labute approximate surface area is 145 Å². The Morgan fingerprint density at radius 1 is 0.692 bits per heavy atom. The molecule has 0 aliphatic rings. The first-order valence-electron chi connectivity index (χ1n) is 7.69. The Kier molecular flexibility index (Phi) is 3.37. The number of fused-ring (bicyclic) bond motifs is 2. The fraction of sp³-hybridized carbons (Fsp3) is 0. The normalized spacial score (nSPS) is 11.1. The summed E-state index contributed by atoms with van der Waals surface area (Å²) in [5.74, 6) is -0.771. The summed E-state index contributed by atoms with van der Waals surface area (Å²) in [6.45, 7) is 0. The maximum atomic E-state index is 12.8. The van der Waals surface area contributed by atoms with E-state index in [1.807, 2.05) is 0 Å². The van der Waals surface area contributed by atoms with Gasteiger partial charge in [0.1, 0.15) is 11.5 Å². The molecule has 4 rings (SSSR count). The molecule has 7 nitrogen and oxygen atoms in total. The number of hydrogen-bond acceptors (Lipinski definition) is 5. The Balaban J connectivity index is 1.92. The van der Waals surface area contributed by atoms with Gasteiger partial charge in [0.25, 0.3) is 11.1 Å². The highest BCUT2D eigenvalue weighted by atomic mass is 16.3. The number of rotatable bonds is 2. The Morgan fingerprint density at radius 2 is 1.12 bits per heavy atom. The molecule has 4 N–H and O–H groups in total. The molecule has 0 aliphatic carbocycles. The SMILES string of the molecule is O=C(c1cc2cc(O)ccc2[nH]c1=O)c1cc2cc(O)ccc2[nH]c1=O. The average Bonchev–Trinajstić information content (AvgIpc) is 2.60. The maximum absolute atomic E-state index is 12.8. The Hall–Kier alpha value is -3.87. The van der Waals surface area contributed by atoms with Gasteiger partial charge in [0.05, 0.1) is 11.1 Å². The number of H-pyrrole nitrogens is 2. The fourth-order valence-corrected chi connectivity index (χ4v) is 2.87. The molecule has 0 saturated heterocycles. The number of carbonyl (C=O) groups excluding carboxylic acids is 1. The second-order valence-corrected chi connectivity index (χ2v) is 5.90. The lowest BCUT2D eigenvalue weighted by atomic mass is 10.0. The summed E-state index contributed by atoms with van der Waals surface area (Å²) >= 11 is 0. The average molecular weight is 348 g/mol. The minimum absolute atomic E-state index is 0.0121. The third kappa shape index (κ3) is 2.51. The van der Waals surface area contributed by atoms with E-state index in [1.54, 1.807) is 0 Å². The topological polar surface area (TPSA) is 123 Å². The van der Waals surface area contributed by atoms with E-state index < -0.39 is 16.9 Å². The number of phenolic OH excluding ortho intramolecular Hbond substituents is 2. The zero-order chi connectivity index (χ0) is 18.4. The molecule has 0 aliphatic heterocycles. The van der Waals surface area contributed by atoms with Crippen molar-refractivity contribution in [1.82, 2.24) is 9.97 Å². The van der Waals surface area contributed by atoms with Crippen molar-refractivity contribution in [3.05, 3.63) is 80.4 Å². The summed E-state index contributed by atoms with van der Waals surface area (Å²) < 4.78 is 0. The summed E-state index contributed by atoms with van der Waals surface area (Å²) in [4.78, 5) is 42.4. The number of hydrogen-bond donors (Lipinski definition) is 4. The van der Waals surface area contributed by atoms with Gasteiger partial charge < -0.3 is 20.2 Å². The first-order valence-corrected chi connectivity index (χ1v) is 7.69. The Bertz CT molecular complexity index is 1220. The molecule has 4 aromatic rings. The molecule has 0 spiro atoms. The van der Waals surface area contributed by atoms with Gasteiger partial charge in [-0.25, -0.2) is 0 Å². The molecule has 2 heterocycles. The molecule has 0 amide bonds. The van der Waals surface area contributed by atoms with Crippen LogP contribution in [-0.2, 0) is 0 Å². The van der Waals surface area contributed by atoms with Crippen LogP contribution < -0.4 is 11.1 Å². The van der Waals surface area contributed by atoms with E-state index in [-0.39, 0.29) is 22.6 Å². The predicted molar refractivity (Wildman–Crippen MR) is 95.9 cm³/mol. The van der Waals surface area contributed by atoms with Gasteiger partial charge in [-0.1, -0.05) is 0 Å². The number of aromatic hydroxyl groups is 2. The van der Waals surface area contributed by atoms with E-state index in [0.29, 0.717) is 21.8 Å². The highest BCUT2D eigenvalue weighted by Gasteiger charge is 2.18. The molecule has 26 heavy (non-hydrogen) atoms. The largest absolute Gasteiger partial charge is 0.508 e. The summed E-state index contributed by atoms with van der Waals surface area (Å²) in [6.07, 6.45) is 0. The van der Waals surface area contributed by atoms with Crippen molar-refractivity contribution < 1.29 is 15.0 Å². The minimum atomic E-state index is -0.747. The molecule has 0 fully saturated rings. The van der Waals surface area contributed by atoms with E-state index in [4.69, 9.17) is 0 Å². The van der Waals surface area contributed by atoms with Crippen molar-refractivity contribution >= 4 is 27.6 Å². The van der Waals surface area contributed by atoms with Crippen LogP contribution in [0.3, 0.4) is 0 Å². The highest BCUT2D eigenvalue weighted by Crippen LogP contribution is 2.20. The predicted octanol–water partition coefficient (Wildman–Crippen LogP) is 2.01. The van der Waals surface area contributed by atoms with Gasteiger partial charge in [-0.05, 0) is 48.5 Å². The molecule has 0 atom stereocenters. The van der Waals surface area contributed by atoms with Crippen molar-refractivity contribution in [1.29, 1.82) is 0 Å². The number of benzene rings is 2. The number of ketones is 1. The van der Waals surface area contributed by atoms with Gasteiger partial charge >= 0.3 is 0 Å². The number of pyridine rings is 2. The van der Waals surface area contributed by atoms with Crippen molar-refractivity contribution in [3.63, 3.8) is 0 Å². The van der Waals surface area contributed by atoms with Gasteiger partial charge in [-0.15, -0.1) is 0 Å². The van der Waals surface area contributed by atoms with Crippen LogP contribution in [0, 0.1) is 0 Å². The van der Waals surface area contributed by atoms with Gasteiger partial charge in [-0.2, -0.15) is 0 Å². The van der Waals surface area contributed by atoms with Crippen LogP contribution in [0.15, 0.2) is 58.1 Å². The third-order valence-electron chi connectivity index (χ3n) is 4.14. The van der Waals surface area contributed by atoms with E-state index in [2.05, 4.69) is 9.97 Å². The lowest BCUT2D eigenvalue weighted by Gasteiger charge is -2.05. The van der Waals surface area contributed by atoms with E-state index >= 15 is 0 Å². The molecule has 2 aromatic heterocycles. The number of aromatic amines is 2. The van der Waals surface area contributed by atoms with Crippen LogP contribution in [-0.4, -0.2) is 26.0 Å². The van der Waals surface area contributed by atoms with E-state index in [1.165, 1.54) is 48.5 Å². The summed E-state index contributed by atoms with van der Waals surface area (Å²) in [6, 6.07) is 11.4. The standard InChI is InChI=1S/C19H12N2O5/c22-11-1-3-15-9(5-11)7-13(18(25)20-15)17(24)14-8-10-6-12(23)2-4-16(10)21-19(14)26/h1-8,22-23H,(H,20,25)(H,21,26). The molecule has 2 aromatic carbocycles. The number of aromatic nitrogens is 2. The quantitative estimate of drug-likeness (QED) is 0.413. The highest BCUT2D eigenvalue weighted by molar-refractivity contribution is 6.11. The Morgan fingerprint density at radius 3 is 1.54 bits per heavy atom. The monoisotopic (exact) mass is 348 g/mol. The van der Waals surface area contributed by atoms with Crippen molar-refractivity contribution in [2.45, 2.75) is 0 Å². The maximum Gasteiger partial charge on any atom is 0.259 e. The molecule has 0 unspecified atom stereocenters. The van der Waals surface area contributed by atoms with Crippen LogP contribution in [0.1, 0.15) is 15.9 Å². The number of nitrogens with one attached hydrogen (secondary N) is 2. The van der Waals surface area contributed by atoms with Crippen LogP contribution in [0.5, 0.6) is 11.5 Å². The molecular formula is C19H12N2O5. The van der Waals surface area contributed by atoms with Gasteiger partial charge in [0.2, 0.25) is 5.78 Å². The number of carbonyl (C=O) groups is 1. The van der Waals surface area contributed by atoms with Crippen LogP contribution in [0.25, 0.3) is 21.8 Å². The van der Waals surface area contributed by atoms with Gasteiger partial charge in [-0.3, -0.25) is 14.4 Å². The summed E-state index contributed by atoms with van der Waals surface area (Å²) in [7, 11) is 0. The zero-order valence-corrected chi connectivity index (χ0v) is 13.2. The second-order valence-electron chi connectivity index (χ2n) is 5.90. The van der Waals surface area contributed by atoms with E-state index in [9.17, 15) is 24.6 Å². The van der Waals surface area contributed by atoms with Crippen molar-refractivity contribution in [3.8, 4) is 11.5 Å². The lowest BCUT2D eigenvalue weighted by molar-refractivity contribution is 0.103. The van der Waals surface area contributed by atoms with Crippen LogP contribution >= 0.6 is 0 Å².